The van der Waals surface area contributed by atoms with Crippen LogP contribution in [0.3, 0.4) is 0 Å². The highest BCUT2D eigenvalue weighted by atomic mass is 19.4. The van der Waals surface area contributed by atoms with Crippen LogP contribution in [-0.2, 0) is 23.8 Å². The van der Waals surface area contributed by atoms with Crippen LogP contribution in [0, 0.1) is 17.2 Å². The first-order valence-corrected chi connectivity index (χ1v) is 11.8. The third-order valence-electron chi connectivity index (χ3n) is 6.30. The summed E-state index contributed by atoms with van der Waals surface area (Å²) in [6.07, 6.45) is -5.09. The molecule has 3 aromatic carbocycles. The lowest BCUT2D eigenvalue weighted by Gasteiger charge is -2.33. The van der Waals surface area contributed by atoms with Gasteiger partial charge in [0.2, 0.25) is 5.91 Å². The maximum Gasteiger partial charge on any atom is 0.416 e. The summed E-state index contributed by atoms with van der Waals surface area (Å²) in [5.74, 6) is -1.18. The van der Waals surface area contributed by atoms with Gasteiger partial charge < -0.3 is 10.4 Å². The van der Waals surface area contributed by atoms with Gasteiger partial charge in [-0.15, -0.1) is 0 Å². The molecule has 36 heavy (non-hydrogen) atoms. The summed E-state index contributed by atoms with van der Waals surface area (Å²) in [4.78, 5) is 13.5. The van der Waals surface area contributed by atoms with E-state index >= 15 is 0 Å². The van der Waals surface area contributed by atoms with E-state index in [2.05, 4.69) is 5.32 Å². The third kappa shape index (κ3) is 7.40. The van der Waals surface area contributed by atoms with Crippen LogP contribution in [0.5, 0.6) is 0 Å². The fraction of sp³-hybridized carbons (Fsp3) is 0.345. The van der Waals surface area contributed by atoms with Crippen molar-refractivity contribution in [2.75, 3.05) is 0 Å². The first-order chi connectivity index (χ1) is 16.8. The van der Waals surface area contributed by atoms with Gasteiger partial charge in [0.15, 0.2) is 0 Å². The number of amides is 1. The van der Waals surface area contributed by atoms with Gasteiger partial charge in [0, 0.05) is 5.92 Å². The monoisotopic (exact) mass is 501 g/mol. The Kier molecular flexibility index (Phi) is 8.56. The summed E-state index contributed by atoms with van der Waals surface area (Å²) in [6, 6.07) is 18.7. The van der Waals surface area contributed by atoms with Gasteiger partial charge in [0.05, 0.1) is 17.7 Å². The van der Waals surface area contributed by atoms with Gasteiger partial charge in [-0.2, -0.15) is 13.2 Å². The highest BCUT2D eigenvalue weighted by molar-refractivity contribution is 5.80. The van der Waals surface area contributed by atoms with Crippen LogP contribution in [-0.4, -0.2) is 17.1 Å². The Balaban J connectivity index is 1.88. The molecule has 0 aromatic heterocycles. The summed E-state index contributed by atoms with van der Waals surface area (Å²) in [5.41, 5.74) is 0.723. The number of benzene rings is 3. The van der Waals surface area contributed by atoms with Crippen LogP contribution >= 0.6 is 0 Å². The number of hydrogen-bond donors (Lipinski definition) is 2. The number of nitrogens with one attached hydrogen (secondary N) is 1. The Hall–Kier alpha value is -3.19. The van der Waals surface area contributed by atoms with E-state index in [0.717, 1.165) is 17.7 Å². The first kappa shape index (κ1) is 27.4. The topological polar surface area (TPSA) is 49.3 Å². The van der Waals surface area contributed by atoms with E-state index < -0.39 is 41.0 Å². The van der Waals surface area contributed by atoms with E-state index in [4.69, 9.17) is 0 Å². The predicted molar refractivity (Wildman–Crippen MR) is 132 cm³/mol. The van der Waals surface area contributed by atoms with Crippen molar-refractivity contribution in [2.45, 2.75) is 51.9 Å². The number of rotatable bonds is 8. The normalized spacial score (nSPS) is 14.7. The molecule has 3 atom stereocenters. The van der Waals surface area contributed by atoms with E-state index in [1.165, 1.54) is 36.4 Å². The molecule has 0 aliphatic carbocycles. The second-order valence-electron chi connectivity index (χ2n) is 10.1. The Labute approximate surface area is 209 Å². The zero-order chi connectivity index (χ0) is 26.5. The van der Waals surface area contributed by atoms with Gasteiger partial charge in [-0.05, 0) is 59.2 Å². The molecule has 3 nitrogen and oxygen atoms in total. The summed E-state index contributed by atoms with van der Waals surface area (Å²) >= 11 is 0. The van der Waals surface area contributed by atoms with E-state index in [9.17, 15) is 27.5 Å². The molecule has 3 rings (SSSR count). The molecule has 0 aliphatic heterocycles. The molecule has 0 fully saturated rings. The van der Waals surface area contributed by atoms with Crippen molar-refractivity contribution in [3.8, 4) is 0 Å². The number of aliphatic hydroxyl groups excluding tert-OH is 1. The lowest BCUT2D eigenvalue weighted by atomic mass is 9.76. The zero-order valence-corrected chi connectivity index (χ0v) is 20.5. The quantitative estimate of drug-likeness (QED) is 0.346. The molecule has 192 valence electrons. The molecule has 0 saturated heterocycles. The first-order valence-electron chi connectivity index (χ1n) is 11.8. The number of carbonyl (C=O) groups is 1. The molecular formula is C29H31F4NO2. The molecule has 0 aliphatic rings. The highest BCUT2D eigenvalue weighted by Gasteiger charge is 2.34. The van der Waals surface area contributed by atoms with Gasteiger partial charge in [0.25, 0.3) is 0 Å². The summed E-state index contributed by atoms with van der Waals surface area (Å²) in [7, 11) is 0. The molecule has 0 heterocycles. The predicted octanol–water partition coefficient (Wildman–Crippen LogP) is 6.51. The summed E-state index contributed by atoms with van der Waals surface area (Å²) in [6.45, 7) is 5.88. The minimum Gasteiger partial charge on any atom is -0.386 e. The van der Waals surface area contributed by atoms with E-state index in [-0.39, 0.29) is 12.3 Å². The molecule has 0 bridgehead atoms. The van der Waals surface area contributed by atoms with Gasteiger partial charge in [-0.3, -0.25) is 4.79 Å². The van der Waals surface area contributed by atoms with Crippen LogP contribution in [0.4, 0.5) is 17.6 Å². The van der Waals surface area contributed by atoms with Crippen LogP contribution in [0.25, 0.3) is 0 Å². The Morgan fingerprint density at radius 3 is 1.92 bits per heavy atom. The van der Waals surface area contributed by atoms with Crippen LogP contribution in [0.2, 0.25) is 0 Å². The van der Waals surface area contributed by atoms with Crippen molar-refractivity contribution < 1.29 is 27.5 Å². The van der Waals surface area contributed by atoms with Crippen molar-refractivity contribution in [1.82, 2.24) is 5.32 Å². The molecule has 0 saturated carbocycles. The van der Waals surface area contributed by atoms with Crippen LogP contribution in [0.1, 0.15) is 49.1 Å². The molecule has 1 amide bonds. The number of halogens is 4. The third-order valence-corrected chi connectivity index (χ3v) is 6.30. The Bertz CT molecular complexity index is 1120. The fourth-order valence-electron chi connectivity index (χ4n) is 4.14. The standard InChI is InChI=1S/C29H31F4NO2/c1-28(2,3)24(17-19-7-5-4-6-8-19)27(36)34-25(26(35)21-11-15-23(30)16-12-21)18-20-9-13-22(14-10-20)29(31,32)33/h4-16,24-26,35H,17-18H2,1-3H3,(H,34,36). The number of hydrogen-bond acceptors (Lipinski definition) is 2. The second kappa shape index (κ2) is 11.2. The number of carbonyl (C=O) groups excluding carboxylic acids is 1. The van der Waals surface area contributed by atoms with E-state index in [0.29, 0.717) is 17.5 Å². The minimum absolute atomic E-state index is 0.0879. The Morgan fingerprint density at radius 1 is 0.833 bits per heavy atom. The highest BCUT2D eigenvalue weighted by Crippen LogP contribution is 2.32. The molecular weight excluding hydrogens is 470 g/mol. The van der Waals surface area contributed by atoms with Gasteiger partial charge in [-0.1, -0.05) is 75.4 Å². The van der Waals surface area contributed by atoms with E-state index in [1.54, 1.807) is 0 Å². The molecule has 0 spiro atoms. The van der Waals surface area contributed by atoms with Gasteiger partial charge >= 0.3 is 6.18 Å². The Morgan fingerprint density at radius 2 is 1.39 bits per heavy atom. The van der Waals surface area contributed by atoms with Crippen molar-refractivity contribution >= 4 is 5.91 Å². The SMILES string of the molecule is CC(C)(C)C(Cc1ccccc1)C(=O)NC(Cc1ccc(C(F)(F)F)cc1)C(O)c1ccc(F)cc1. The smallest absolute Gasteiger partial charge is 0.386 e. The average Bonchev–Trinajstić information content (AvgIpc) is 2.82. The molecule has 7 heteroatoms. The zero-order valence-electron chi connectivity index (χ0n) is 20.5. The van der Waals surface area contributed by atoms with Crippen molar-refractivity contribution in [2.24, 2.45) is 11.3 Å². The molecule has 3 unspecified atom stereocenters. The largest absolute Gasteiger partial charge is 0.416 e. The maximum absolute atomic E-state index is 13.5. The molecule has 2 N–H and O–H groups in total. The summed E-state index contributed by atoms with van der Waals surface area (Å²) < 4.78 is 52.4. The lowest BCUT2D eigenvalue weighted by molar-refractivity contribution is -0.137. The van der Waals surface area contributed by atoms with E-state index in [1.807, 2.05) is 51.1 Å². The summed E-state index contributed by atoms with van der Waals surface area (Å²) in [5, 5.41) is 14.1. The van der Waals surface area contributed by atoms with Gasteiger partial charge in [-0.25, -0.2) is 4.39 Å². The van der Waals surface area contributed by atoms with Crippen molar-refractivity contribution in [1.29, 1.82) is 0 Å². The van der Waals surface area contributed by atoms with Crippen LogP contribution in [0.15, 0.2) is 78.9 Å². The van der Waals surface area contributed by atoms with Crippen molar-refractivity contribution in [3.63, 3.8) is 0 Å². The molecule has 0 radical (unpaired) electrons. The molecule has 3 aromatic rings. The average molecular weight is 502 g/mol. The van der Waals surface area contributed by atoms with Crippen molar-refractivity contribution in [3.05, 3.63) is 107 Å². The fourth-order valence-corrected chi connectivity index (χ4v) is 4.14. The van der Waals surface area contributed by atoms with Crippen LogP contribution < -0.4 is 5.32 Å². The minimum atomic E-state index is -4.46. The second-order valence-corrected chi connectivity index (χ2v) is 10.1. The number of aliphatic hydroxyl groups is 1. The van der Waals surface area contributed by atoms with Gasteiger partial charge in [0.1, 0.15) is 5.82 Å². The number of alkyl halides is 3. The maximum atomic E-state index is 13.5. The lowest BCUT2D eigenvalue weighted by Crippen LogP contribution is -2.47.